The van der Waals surface area contributed by atoms with Gasteiger partial charge >= 0.3 is 0 Å². The molecule has 0 N–H and O–H groups in total. The number of carbonyl (C=O) groups is 1. The lowest BCUT2D eigenvalue weighted by Crippen LogP contribution is -2.36. The van der Waals surface area contributed by atoms with Crippen molar-refractivity contribution in [2.24, 2.45) is 0 Å². The quantitative estimate of drug-likeness (QED) is 0.811. The molecule has 118 valence electrons. The summed E-state index contributed by atoms with van der Waals surface area (Å²) < 4.78 is 0. The van der Waals surface area contributed by atoms with Crippen LogP contribution in [0.2, 0.25) is 0 Å². The Labute approximate surface area is 138 Å². The van der Waals surface area contributed by atoms with Crippen molar-refractivity contribution in [2.45, 2.75) is 39.3 Å². The number of aryl methyl sites for hydroxylation is 1. The molecule has 0 fully saturated rings. The summed E-state index contributed by atoms with van der Waals surface area (Å²) in [7, 11) is 0. The fourth-order valence-corrected chi connectivity index (χ4v) is 2.48. The maximum absolute atomic E-state index is 12.6. The van der Waals surface area contributed by atoms with Crippen LogP contribution >= 0.6 is 0 Å². The summed E-state index contributed by atoms with van der Waals surface area (Å²) in [6, 6.07) is 19.8. The predicted molar refractivity (Wildman–Crippen MR) is 91.6 cm³/mol. The zero-order valence-electron chi connectivity index (χ0n) is 13.7. The molecular formula is C20H22N2O. The first kappa shape index (κ1) is 16.8. The molecule has 3 nitrogen and oxygen atoms in total. The Morgan fingerprint density at radius 1 is 1.04 bits per heavy atom. The largest absolute Gasteiger partial charge is 0.336 e. The molecule has 0 aliphatic rings. The lowest BCUT2D eigenvalue weighted by atomic mass is 10.1. The molecule has 0 unspecified atom stereocenters. The summed E-state index contributed by atoms with van der Waals surface area (Å²) in [5, 5.41) is 8.85. The van der Waals surface area contributed by atoms with Gasteiger partial charge in [-0.25, -0.2) is 0 Å². The molecule has 0 heterocycles. The third kappa shape index (κ3) is 4.96. The van der Waals surface area contributed by atoms with Crippen LogP contribution < -0.4 is 0 Å². The SMILES string of the molecule is CC(C)N(Cc1ccc(C#N)cc1)C(=O)CCc1ccccc1. The number of rotatable bonds is 6. The number of carbonyl (C=O) groups excluding carboxylic acids is 1. The molecule has 0 saturated heterocycles. The predicted octanol–water partition coefficient (Wildman–Crippen LogP) is 3.93. The van der Waals surface area contributed by atoms with E-state index in [-0.39, 0.29) is 11.9 Å². The van der Waals surface area contributed by atoms with Gasteiger partial charge in [0.2, 0.25) is 5.91 Å². The van der Waals surface area contributed by atoms with E-state index in [1.54, 1.807) is 12.1 Å². The fraction of sp³-hybridized carbons (Fsp3) is 0.300. The van der Waals surface area contributed by atoms with Gasteiger partial charge in [-0.1, -0.05) is 42.5 Å². The standard InChI is InChI=1S/C20H22N2O/c1-16(2)22(15-19-10-8-18(14-21)9-11-19)20(23)13-12-17-6-4-3-5-7-17/h3-11,16H,12-13,15H2,1-2H3. The van der Waals surface area contributed by atoms with E-state index in [0.717, 1.165) is 12.0 Å². The van der Waals surface area contributed by atoms with Gasteiger partial charge in [0.15, 0.2) is 0 Å². The molecule has 0 saturated carbocycles. The van der Waals surface area contributed by atoms with Crippen molar-refractivity contribution in [3.05, 3.63) is 71.3 Å². The minimum atomic E-state index is 0.147. The first-order valence-electron chi connectivity index (χ1n) is 7.92. The van der Waals surface area contributed by atoms with E-state index < -0.39 is 0 Å². The van der Waals surface area contributed by atoms with Crippen LogP contribution in [-0.4, -0.2) is 16.8 Å². The highest BCUT2D eigenvalue weighted by Crippen LogP contribution is 2.13. The highest BCUT2D eigenvalue weighted by molar-refractivity contribution is 5.76. The van der Waals surface area contributed by atoms with E-state index >= 15 is 0 Å². The van der Waals surface area contributed by atoms with Gasteiger partial charge in [-0.15, -0.1) is 0 Å². The lowest BCUT2D eigenvalue weighted by molar-refractivity contribution is -0.133. The average Bonchev–Trinajstić information content (AvgIpc) is 2.58. The van der Waals surface area contributed by atoms with Crippen molar-refractivity contribution in [2.75, 3.05) is 0 Å². The molecule has 2 rings (SSSR count). The number of benzene rings is 2. The van der Waals surface area contributed by atoms with Gasteiger partial charge in [-0.3, -0.25) is 4.79 Å². The number of nitriles is 1. The van der Waals surface area contributed by atoms with Crippen LogP contribution in [0.1, 0.15) is 37.0 Å². The molecule has 2 aromatic rings. The Morgan fingerprint density at radius 2 is 1.70 bits per heavy atom. The van der Waals surface area contributed by atoms with Crippen LogP contribution in [0, 0.1) is 11.3 Å². The number of amides is 1. The van der Waals surface area contributed by atoms with E-state index in [4.69, 9.17) is 5.26 Å². The molecule has 0 aliphatic heterocycles. The van der Waals surface area contributed by atoms with Crippen LogP contribution in [-0.2, 0) is 17.8 Å². The third-order valence-electron chi connectivity index (χ3n) is 3.85. The summed E-state index contributed by atoms with van der Waals surface area (Å²) in [6.45, 7) is 4.64. The Hall–Kier alpha value is -2.60. The Morgan fingerprint density at radius 3 is 2.26 bits per heavy atom. The Balaban J connectivity index is 1.99. The highest BCUT2D eigenvalue weighted by Gasteiger charge is 2.17. The van der Waals surface area contributed by atoms with E-state index in [0.29, 0.717) is 18.5 Å². The van der Waals surface area contributed by atoms with Crippen LogP contribution in [0.25, 0.3) is 0 Å². The molecule has 2 aromatic carbocycles. The van der Waals surface area contributed by atoms with Gasteiger partial charge in [0.1, 0.15) is 0 Å². The maximum atomic E-state index is 12.6. The topological polar surface area (TPSA) is 44.1 Å². The lowest BCUT2D eigenvalue weighted by Gasteiger charge is -2.27. The number of nitrogens with zero attached hydrogens (tertiary/aromatic N) is 2. The van der Waals surface area contributed by atoms with Gasteiger partial charge in [0, 0.05) is 19.0 Å². The van der Waals surface area contributed by atoms with Crippen LogP contribution in [0.5, 0.6) is 0 Å². The first-order chi connectivity index (χ1) is 11.1. The third-order valence-corrected chi connectivity index (χ3v) is 3.85. The molecule has 0 atom stereocenters. The number of hydrogen-bond acceptors (Lipinski definition) is 2. The number of hydrogen-bond donors (Lipinski definition) is 0. The van der Waals surface area contributed by atoms with Gasteiger partial charge in [0.25, 0.3) is 0 Å². The normalized spacial score (nSPS) is 10.3. The van der Waals surface area contributed by atoms with Gasteiger partial charge in [-0.05, 0) is 43.5 Å². The average molecular weight is 306 g/mol. The molecule has 0 radical (unpaired) electrons. The smallest absolute Gasteiger partial charge is 0.223 e. The van der Waals surface area contributed by atoms with Crippen molar-refractivity contribution in [1.82, 2.24) is 4.90 Å². The van der Waals surface area contributed by atoms with Gasteiger partial charge < -0.3 is 4.90 Å². The highest BCUT2D eigenvalue weighted by atomic mass is 16.2. The van der Waals surface area contributed by atoms with Crippen molar-refractivity contribution >= 4 is 5.91 Å². The monoisotopic (exact) mass is 306 g/mol. The summed E-state index contributed by atoms with van der Waals surface area (Å²) in [5.41, 5.74) is 2.87. The Bertz CT molecular complexity index is 669. The van der Waals surface area contributed by atoms with E-state index in [1.165, 1.54) is 5.56 Å². The van der Waals surface area contributed by atoms with Crippen molar-refractivity contribution in [1.29, 1.82) is 5.26 Å². The van der Waals surface area contributed by atoms with Crippen molar-refractivity contribution < 1.29 is 4.79 Å². The zero-order valence-corrected chi connectivity index (χ0v) is 13.7. The second-order valence-corrected chi connectivity index (χ2v) is 5.91. The second kappa shape index (κ2) is 8.14. The maximum Gasteiger partial charge on any atom is 0.223 e. The zero-order chi connectivity index (χ0) is 16.7. The minimum absolute atomic E-state index is 0.147. The summed E-state index contributed by atoms with van der Waals surface area (Å²) in [6.07, 6.45) is 1.27. The van der Waals surface area contributed by atoms with E-state index in [2.05, 4.69) is 6.07 Å². The summed E-state index contributed by atoms with van der Waals surface area (Å²) in [5.74, 6) is 0.160. The molecule has 0 aromatic heterocycles. The Kier molecular flexibility index (Phi) is 5.94. The molecule has 0 spiro atoms. The van der Waals surface area contributed by atoms with Crippen LogP contribution in [0.3, 0.4) is 0 Å². The summed E-state index contributed by atoms with van der Waals surface area (Å²) in [4.78, 5) is 14.5. The van der Waals surface area contributed by atoms with E-state index in [9.17, 15) is 4.79 Å². The van der Waals surface area contributed by atoms with Gasteiger partial charge in [0.05, 0.1) is 11.6 Å². The second-order valence-electron chi connectivity index (χ2n) is 5.91. The molecule has 0 bridgehead atoms. The minimum Gasteiger partial charge on any atom is -0.336 e. The molecule has 23 heavy (non-hydrogen) atoms. The van der Waals surface area contributed by atoms with Gasteiger partial charge in [-0.2, -0.15) is 5.26 Å². The first-order valence-corrected chi connectivity index (χ1v) is 7.92. The molecule has 3 heteroatoms. The fourth-order valence-electron chi connectivity index (χ4n) is 2.48. The van der Waals surface area contributed by atoms with E-state index in [1.807, 2.05) is 61.2 Å². The molecule has 1 amide bonds. The summed E-state index contributed by atoms with van der Waals surface area (Å²) >= 11 is 0. The van der Waals surface area contributed by atoms with Crippen molar-refractivity contribution in [3.8, 4) is 6.07 Å². The van der Waals surface area contributed by atoms with Crippen LogP contribution in [0.15, 0.2) is 54.6 Å². The van der Waals surface area contributed by atoms with Crippen LogP contribution in [0.4, 0.5) is 0 Å². The molecule has 0 aliphatic carbocycles. The molecular weight excluding hydrogens is 284 g/mol. The van der Waals surface area contributed by atoms with Crippen molar-refractivity contribution in [3.63, 3.8) is 0 Å².